The van der Waals surface area contributed by atoms with Crippen LogP contribution >= 0.6 is 0 Å². The van der Waals surface area contributed by atoms with Crippen molar-refractivity contribution in [2.45, 2.75) is 6.42 Å². The third-order valence-electron chi connectivity index (χ3n) is 5.59. The van der Waals surface area contributed by atoms with E-state index in [1.54, 1.807) is 18.6 Å². The Labute approximate surface area is 203 Å². The van der Waals surface area contributed by atoms with E-state index in [0.29, 0.717) is 12.1 Å². The van der Waals surface area contributed by atoms with Gasteiger partial charge in [-0.3, -0.25) is 19.9 Å². The maximum Gasteiger partial charge on any atom is 0.253 e. The number of carbonyl (C=O) groups is 1. The lowest BCUT2D eigenvalue weighted by Crippen LogP contribution is -2.26. The molecule has 3 N–H and O–H groups in total. The molecule has 0 spiro atoms. The first-order valence-electron chi connectivity index (χ1n) is 11.4. The summed E-state index contributed by atoms with van der Waals surface area (Å²) < 4.78 is 0. The number of pyridine rings is 2. The fourth-order valence-corrected chi connectivity index (χ4v) is 3.80. The lowest BCUT2D eigenvalue weighted by Gasteiger charge is -2.12. The number of nitrogens with zero attached hydrogens (tertiary/aromatic N) is 3. The minimum atomic E-state index is -0.119. The zero-order valence-corrected chi connectivity index (χ0v) is 19.0. The summed E-state index contributed by atoms with van der Waals surface area (Å²) in [7, 11) is 0. The number of aromatic amines is 1. The standard InChI is InChI=1S/C28H24N6O/c35-28(31-18-14-20-12-16-29-17-13-20)24-6-1-2-7-25(24)32-22-8-10-23-26(33-34-27(23)19-22)11-9-21-5-3-4-15-30-21/h1-13,15-17,19,32H,14,18H2,(H,31,35)(H,33,34)/b11-9+. The molecule has 0 aliphatic carbocycles. The van der Waals surface area contributed by atoms with Gasteiger partial charge in [-0.25, -0.2) is 0 Å². The first kappa shape index (κ1) is 22.0. The predicted molar refractivity (Wildman–Crippen MR) is 139 cm³/mol. The van der Waals surface area contributed by atoms with Crippen molar-refractivity contribution in [3.63, 3.8) is 0 Å². The second kappa shape index (κ2) is 10.4. The molecule has 0 saturated heterocycles. The van der Waals surface area contributed by atoms with Crippen molar-refractivity contribution < 1.29 is 4.79 Å². The third kappa shape index (κ3) is 5.42. The molecule has 172 valence electrons. The van der Waals surface area contributed by atoms with E-state index in [9.17, 15) is 4.79 Å². The lowest BCUT2D eigenvalue weighted by molar-refractivity contribution is 0.0955. The van der Waals surface area contributed by atoms with E-state index in [4.69, 9.17) is 0 Å². The molecule has 35 heavy (non-hydrogen) atoms. The summed E-state index contributed by atoms with van der Waals surface area (Å²) in [6.07, 6.45) is 9.90. The first-order valence-corrected chi connectivity index (χ1v) is 11.4. The van der Waals surface area contributed by atoms with Crippen LogP contribution in [-0.4, -0.2) is 32.6 Å². The number of aromatic nitrogens is 4. The smallest absolute Gasteiger partial charge is 0.253 e. The van der Waals surface area contributed by atoms with Gasteiger partial charge in [0.2, 0.25) is 0 Å². The van der Waals surface area contributed by atoms with Crippen molar-refractivity contribution in [3.8, 4) is 0 Å². The summed E-state index contributed by atoms with van der Waals surface area (Å²) in [5, 5.41) is 14.9. The van der Waals surface area contributed by atoms with E-state index in [1.165, 1.54) is 0 Å². The Morgan fingerprint density at radius 1 is 0.914 bits per heavy atom. The molecule has 5 aromatic rings. The average Bonchev–Trinajstić information content (AvgIpc) is 3.31. The maximum atomic E-state index is 12.9. The Hall–Kier alpha value is -4.78. The number of benzene rings is 2. The molecule has 0 unspecified atom stereocenters. The molecule has 5 rings (SSSR count). The van der Waals surface area contributed by atoms with E-state index < -0.39 is 0 Å². The molecular weight excluding hydrogens is 436 g/mol. The minimum absolute atomic E-state index is 0.119. The number of hydrogen-bond acceptors (Lipinski definition) is 5. The molecule has 7 heteroatoms. The number of hydrogen-bond donors (Lipinski definition) is 3. The second-order valence-corrected chi connectivity index (χ2v) is 7.99. The highest BCUT2D eigenvalue weighted by molar-refractivity contribution is 6.00. The SMILES string of the molecule is O=C(NCCc1ccncc1)c1ccccc1Nc1ccc2c(/C=C/c3ccccn3)n[nH]c2c1. The van der Waals surface area contributed by atoms with Crippen LogP contribution in [-0.2, 0) is 6.42 Å². The number of nitrogens with one attached hydrogen (secondary N) is 3. The third-order valence-corrected chi connectivity index (χ3v) is 5.59. The Morgan fingerprint density at radius 2 is 1.77 bits per heavy atom. The summed E-state index contributed by atoms with van der Waals surface area (Å²) in [5.41, 5.74) is 5.93. The van der Waals surface area contributed by atoms with Crippen LogP contribution in [0.4, 0.5) is 11.4 Å². The molecule has 3 aromatic heterocycles. The van der Waals surface area contributed by atoms with Crippen LogP contribution in [0.2, 0.25) is 0 Å². The van der Waals surface area contributed by atoms with Crippen molar-refractivity contribution in [3.05, 3.63) is 114 Å². The quantitative estimate of drug-likeness (QED) is 0.294. The van der Waals surface area contributed by atoms with Gasteiger partial charge in [-0.15, -0.1) is 0 Å². The van der Waals surface area contributed by atoms with Gasteiger partial charge in [0.25, 0.3) is 5.91 Å². The Morgan fingerprint density at radius 3 is 2.63 bits per heavy atom. The summed E-state index contributed by atoms with van der Waals surface area (Å²) in [6, 6.07) is 23.2. The van der Waals surface area contributed by atoms with Crippen LogP contribution in [0.15, 0.2) is 91.4 Å². The molecule has 0 saturated carbocycles. The highest BCUT2D eigenvalue weighted by Gasteiger charge is 2.12. The number of rotatable bonds is 8. The molecular formula is C28H24N6O. The molecule has 0 atom stereocenters. The highest BCUT2D eigenvalue weighted by atomic mass is 16.1. The van der Waals surface area contributed by atoms with Gasteiger partial charge in [0.05, 0.1) is 28.2 Å². The maximum absolute atomic E-state index is 12.9. The highest BCUT2D eigenvalue weighted by Crippen LogP contribution is 2.26. The van der Waals surface area contributed by atoms with Gasteiger partial charge in [-0.05, 0) is 78.7 Å². The van der Waals surface area contributed by atoms with Gasteiger partial charge in [0.1, 0.15) is 0 Å². The van der Waals surface area contributed by atoms with Crippen LogP contribution in [0.5, 0.6) is 0 Å². The molecule has 0 fully saturated rings. The monoisotopic (exact) mass is 460 g/mol. The zero-order valence-electron chi connectivity index (χ0n) is 19.0. The van der Waals surface area contributed by atoms with Crippen LogP contribution in [0, 0.1) is 0 Å². The van der Waals surface area contributed by atoms with Gasteiger partial charge < -0.3 is 10.6 Å². The predicted octanol–water partition coefficient (Wildman–Crippen LogP) is 5.24. The fourth-order valence-electron chi connectivity index (χ4n) is 3.80. The van der Waals surface area contributed by atoms with E-state index in [0.717, 1.165) is 45.6 Å². The lowest BCUT2D eigenvalue weighted by atomic mass is 10.1. The average molecular weight is 461 g/mol. The second-order valence-electron chi connectivity index (χ2n) is 7.99. The summed E-state index contributed by atoms with van der Waals surface area (Å²) >= 11 is 0. The van der Waals surface area contributed by atoms with Crippen LogP contribution in [0.3, 0.4) is 0 Å². The number of anilines is 2. The molecule has 7 nitrogen and oxygen atoms in total. The largest absolute Gasteiger partial charge is 0.355 e. The van der Waals surface area contributed by atoms with Crippen molar-refractivity contribution in [1.82, 2.24) is 25.5 Å². The summed E-state index contributed by atoms with van der Waals surface area (Å²) in [5.74, 6) is -0.119. The van der Waals surface area contributed by atoms with Gasteiger partial charge in [-0.1, -0.05) is 18.2 Å². The van der Waals surface area contributed by atoms with Crippen LogP contribution in [0.25, 0.3) is 23.1 Å². The van der Waals surface area contributed by atoms with E-state index in [2.05, 4.69) is 30.8 Å². The van der Waals surface area contributed by atoms with Gasteiger partial charge in [-0.2, -0.15) is 5.10 Å². The summed E-state index contributed by atoms with van der Waals surface area (Å²) in [4.78, 5) is 21.2. The Bertz CT molecular complexity index is 1460. The number of fused-ring (bicyclic) bond motifs is 1. The first-order chi connectivity index (χ1) is 17.3. The van der Waals surface area contributed by atoms with Crippen molar-refractivity contribution in [2.75, 3.05) is 11.9 Å². The van der Waals surface area contributed by atoms with Crippen LogP contribution in [0.1, 0.15) is 27.3 Å². The molecule has 3 heterocycles. The Balaban J connectivity index is 1.28. The van der Waals surface area contributed by atoms with E-state index >= 15 is 0 Å². The number of carbonyl (C=O) groups excluding carboxylic acids is 1. The van der Waals surface area contributed by atoms with Crippen LogP contribution < -0.4 is 10.6 Å². The topological polar surface area (TPSA) is 95.6 Å². The van der Waals surface area contributed by atoms with Crippen molar-refractivity contribution in [1.29, 1.82) is 0 Å². The molecule has 1 amide bonds. The summed E-state index contributed by atoms with van der Waals surface area (Å²) in [6.45, 7) is 0.548. The van der Waals surface area contributed by atoms with Gasteiger partial charge in [0.15, 0.2) is 0 Å². The molecule has 0 aliphatic rings. The van der Waals surface area contributed by atoms with E-state index in [1.807, 2.05) is 84.9 Å². The number of H-pyrrole nitrogens is 1. The van der Waals surface area contributed by atoms with Gasteiger partial charge >= 0.3 is 0 Å². The minimum Gasteiger partial charge on any atom is -0.355 e. The molecule has 2 aromatic carbocycles. The Kier molecular flexibility index (Phi) is 6.57. The number of amides is 1. The fraction of sp³-hybridized carbons (Fsp3) is 0.0714. The van der Waals surface area contributed by atoms with Crippen molar-refractivity contribution in [2.24, 2.45) is 0 Å². The molecule has 0 radical (unpaired) electrons. The number of para-hydroxylation sites is 1. The van der Waals surface area contributed by atoms with Gasteiger partial charge in [0, 0.05) is 36.2 Å². The normalized spacial score (nSPS) is 11.1. The zero-order chi connectivity index (χ0) is 23.9. The van der Waals surface area contributed by atoms with Crippen molar-refractivity contribution >= 4 is 40.3 Å². The molecule has 0 aliphatic heterocycles. The van der Waals surface area contributed by atoms with E-state index in [-0.39, 0.29) is 5.91 Å². The molecule has 0 bridgehead atoms.